The SMILES string of the molecule is C[C@H]1OCCN[C@@H]1C(=O)Nc1ccc(-c2nc3ccccc3[nH]2)cc1.Cl.Cl. The van der Waals surface area contributed by atoms with Crippen LogP contribution in [0, 0.1) is 0 Å². The topological polar surface area (TPSA) is 79.0 Å². The average Bonchev–Trinajstić information content (AvgIpc) is 3.07. The van der Waals surface area contributed by atoms with Gasteiger partial charge in [0.1, 0.15) is 11.9 Å². The standard InChI is InChI=1S/C19H20N4O2.2ClH/c1-12-17(20-10-11-25-12)19(24)21-14-8-6-13(7-9-14)18-22-15-4-2-3-5-16(15)23-18;;/h2-9,12,17,20H,10-11H2,1H3,(H,21,24)(H,22,23);2*1H/t12-,17+;;/m1../s1. The predicted octanol–water partition coefficient (Wildman–Crippen LogP) is 3.39. The molecule has 2 heterocycles. The number of nitrogens with zero attached hydrogens (tertiary/aromatic N) is 1. The number of H-pyrrole nitrogens is 1. The highest BCUT2D eigenvalue weighted by molar-refractivity contribution is 5.95. The number of para-hydroxylation sites is 2. The Morgan fingerprint density at radius 3 is 2.59 bits per heavy atom. The van der Waals surface area contributed by atoms with E-state index in [1.165, 1.54) is 0 Å². The molecular formula is C19H22Cl2N4O2. The largest absolute Gasteiger partial charge is 0.375 e. The minimum Gasteiger partial charge on any atom is -0.375 e. The molecule has 4 rings (SSSR count). The lowest BCUT2D eigenvalue weighted by atomic mass is 10.1. The molecule has 8 heteroatoms. The molecule has 1 aliphatic rings. The summed E-state index contributed by atoms with van der Waals surface area (Å²) in [6, 6.07) is 15.3. The van der Waals surface area contributed by atoms with Crippen molar-refractivity contribution >= 4 is 47.4 Å². The van der Waals surface area contributed by atoms with Crippen molar-refractivity contribution in [3.05, 3.63) is 48.5 Å². The number of hydrogen-bond donors (Lipinski definition) is 3. The highest BCUT2D eigenvalue weighted by Gasteiger charge is 2.28. The molecule has 0 saturated carbocycles. The van der Waals surface area contributed by atoms with Crippen LogP contribution in [0.4, 0.5) is 5.69 Å². The van der Waals surface area contributed by atoms with E-state index >= 15 is 0 Å². The highest BCUT2D eigenvalue weighted by atomic mass is 35.5. The second-order valence-electron chi connectivity index (χ2n) is 6.18. The third-order valence-corrected chi connectivity index (χ3v) is 4.41. The number of hydrogen-bond acceptors (Lipinski definition) is 4. The van der Waals surface area contributed by atoms with Crippen LogP contribution in [0.25, 0.3) is 22.4 Å². The van der Waals surface area contributed by atoms with Crippen molar-refractivity contribution in [1.29, 1.82) is 0 Å². The summed E-state index contributed by atoms with van der Waals surface area (Å²) in [5.74, 6) is 0.735. The van der Waals surface area contributed by atoms with Crippen LogP contribution in [-0.4, -0.2) is 41.2 Å². The van der Waals surface area contributed by atoms with E-state index in [4.69, 9.17) is 4.74 Å². The molecule has 1 saturated heterocycles. The molecule has 0 radical (unpaired) electrons. The third-order valence-electron chi connectivity index (χ3n) is 4.41. The molecule has 3 aromatic rings. The summed E-state index contributed by atoms with van der Waals surface area (Å²) >= 11 is 0. The smallest absolute Gasteiger partial charge is 0.244 e. The van der Waals surface area contributed by atoms with E-state index in [0.29, 0.717) is 13.2 Å². The molecule has 1 amide bonds. The number of benzene rings is 2. The van der Waals surface area contributed by atoms with Crippen molar-refractivity contribution in [2.24, 2.45) is 0 Å². The maximum atomic E-state index is 12.4. The number of imidazole rings is 1. The quantitative estimate of drug-likeness (QED) is 0.620. The number of morpholine rings is 1. The molecule has 0 bridgehead atoms. The number of aromatic amines is 1. The van der Waals surface area contributed by atoms with E-state index in [1.807, 2.05) is 55.5 Å². The number of amides is 1. The van der Waals surface area contributed by atoms with Gasteiger partial charge in [0.15, 0.2) is 0 Å². The van der Waals surface area contributed by atoms with Crippen LogP contribution in [0.5, 0.6) is 0 Å². The minimum atomic E-state index is -0.330. The normalized spacial score (nSPS) is 19.0. The van der Waals surface area contributed by atoms with Crippen LogP contribution in [0.2, 0.25) is 0 Å². The first-order chi connectivity index (χ1) is 12.2. The Balaban J connectivity index is 0.00000131. The average molecular weight is 409 g/mol. The Hall–Kier alpha value is -2.12. The Morgan fingerprint density at radius 2 is 1.89 bits per heavy atom. The lowest BCUT2D eigenvalue weighted by Crippen LogP contribution is -2.53. The third kappa shape index (κ3) is 4.59. The predicted molar refractivity (Wildman–Crippen MR) is 112 cm³/mol. The van der Waals surface area contributed by atoms with Gasteiger partial charge in [-0.25, -0.2) is 4.98 Å². The number of halogens is 2. The Morgan fingerprint density at radius 1 is 1.15 bits per heavy atom. The highest BCUT2D eigenvalue weighted by Crippen LogP contribution is 2.22. The summed E-state index contributed by atoms with van der Waals surface area (Å²) in [5, 5.41) is 6.12. The van der Waals surface area contributed by atoms with Crippen LogP contribution in [0.1, 0.15) is 6.92 Å². The van der Waals surface area contributed by atoms with Crippen molar-refractivity contribution in [3.63, 3.8) is 0 Å². The monoisotopic (exact) mass is 408 g/mol. The number of carbonyl (C=O) groups excluding carboxylic acids is 1. The van der Waals surface area contributed by atoms with Gasteiger partial charge in [0.2, 0.25) is 5.91 Å². The first kappa shape index (κ1) is 21.2. The van der Waals surface area contributed by atoms with Gasteiger partial charge in [0.05, 0.1) is 23.7 Å². The lowest BCUT2D eigenvalue weighted by molar-refractivity contribution is -0.123. The summed E-state index contributed by atoms with van der Waals surface area (Å²) < 4.78 is 5.52. The molecule has 1 aromatic heterocycles. The summed E-state index contributed by atoms with van der Waals surface area (Å²) in [4.78, 5) is 20.3. The van der Waals surface area contributed by atoms with Gasteiger partial charge in [0.25, 0.3) is 0 Å². The van der Waals surface area contributed by atoms with Gasteiger partial charge in [-0.15, -0.1) is 24.8 Å². The van der Waals surface area contributed by atoms with E-state index in [9.17, 15) is 4.79 Å². The number of fused-ring (bicyclic) bond motifs is 1. The van der Waals surface area contributed by atoms with Gasteiger partial charge in [-0.1, -0.05) is 12.1 Å². The van der Waals surface area contributed by atoms with Crippen LogP contribution in [-0.2, 0) is 9.53 Å². The number of ether oxygens (including phenoxy) is 1. The van der Waals surface area contributed by atoms with Gasteiger partial charge in [-0.2, -0.15) is 0 Å². The molecule has 27 heavy (non-hydrogen) atoms. The zero-order chi connectivity index (χ0) is 17.2. The summed E-state index contributed by atoms with van der Waals surface area (Å²) in [5.41, 5.74) is 3.67. The maximum absolute atomic E-state index is 12.4. The molecule has 2 aromatic carbocycles. The van der Waals surface area contributed by atoms with E-state index in [1.54, 1.807) is 0 Å². The summed E-state index contributed by atoms with van der Waals surface area (Å²) in [6.07, 6.45) is -0.136. The first-order valence-corrected chi connectivity index (χ1v) is 8.42. The van der Waals surface area contributed by atoms with Gasteiger partial charge in [-0.3, -0.25) is 4.79 Å². The van der Waals surface area contributed by atoms with E-state index in [-0.39, 0.29) is 42.9 Å². The van der Waals surface area contributed by atoms with Crippen molar-refractivity contribution in [1.82, 2.24) is 15.3 Å². The van der Waals surface area contributed by atoms with Crippen LogP contribution < -0.4 is 10.6 Å². The lowest BCUT2D eigenvalue weighted by Gasteiger charge is -2.29. The van der Waals surface area contributed by atoms with Gasteiger partial charge in [-0.05, 0) is 43.3 Å². The van der Waals surface area contributed by atoms with E-state index in [0.717, 1.165) is 28.1 Å². The minimum absolute atomic E-state index is 0. The fraction of sp³-hybridized carbons (Fsp3) is 0.263. The van der Waals surface area contributed by atoms with E-state index in [2.05, 4.69) is 20.6 Å². The molecule has 144 valence electrons. The van der Waals surface area contributed by atoms with Gasteiger partial charge >= 0.3 is 0 Å². The zero-order valence-electron chi connectivity index (χ0n) is 14.8. The molecule has 1 aliphatic heterocycles. The second kappa shape index (κ2) is 9.19. The number of rotatable bonds is 3. The fourth-order valence-electron chi connectivity index (χ4n) is 3.05. The molecule has 0 unspecified atom stereocenters. The fourth-order valence-corrected chi connectivity index (χ4v) is 3.05. The van der Waals surface area contributed by atoms with Crippen molar-refractivity contribution in [2.75, 3.05) is 18.5 Å². The molecule has 0 aliphatic carbocycles. The first-order valence-electron chi connectivity index (χ1n) is 8.42. The number of carbonyl (C=O) groups is 1. The summed E-state index contributed by atoms with van der Waals surface area (Å²) in [7, 11) is 0. The molecule has 1 fully saturated rings. The molecular weight excluding hydrogens is 387 g/mol. The number of anilines is 1. The van der Waals surface area contributed by atoms with Crippen LogP contribution in [0.15, 0.2) is 48.5 Å². The van der Waals surface area contributed by atoms with Gasteiger partial charge < -0.3 is 20.4 Å². The molecule has 3 N–H and O–H groups in total. The second-order valence-corrected chi connectivity index (χ2v) is 6.18. The Kier molecular flexibility index (Phi) is 7.21. The molecule has 0 spiro atoms. The van der Waals surface area contributed by atoms with Gasteiger partial charge in [0, 0.05) is 17.8 Å². The van der Waals surface area contributed by atoms with Crippen molar-refractivity contribution in [3.8, 4) is 11.4 Å². The van der Waals surface area contributed by atoms with Crippen molar-refractivity contribution in [2.45, 2.75) is 19.1 Å². The van der Waals surface area contributed by atoms with Crippen LogP contribution in [0.3, 0.4) is 0 Å². The Bertz CT molecular complexity index is 865. The van der Waals surface area contributed by atoms with Crippen molar-refractivity contribution < 1.29 is 9.53 Å². The zero-order valence-corrected chi connectivity index (χ0v) is 16.4. The molecule has 6 nitrogen and oxygen atoms in total. The number of nitrogens with one attached hydrogen (secondary N) is 3. The summed E-state index contributed by atoms with van der Waals surface area (Å²) in [6.45, 7) is 3.23. The molecule has 2 atom stereocenters. The maximum Gasteiger partial charge on any atom is 0.244 e. The Labute approximate surface area is 169 Å². The van der Waals surface area contributed by atoms with E-state index < -0.39 is 0 Å². The van der Waals surface area contributed by atoms with Crippen LogP contribution >= 0.6 is 24.8 Å². The number of aromatic nitrogens is 2.